The second-order valence-corrected chi connectivity index (χ2v) is 5.17. The number of nitrogens with zero attached hydrogens (tertiary/aromatic N) is 2. The van der Waals surface area contributed by atoms with Crippen molar-refractivity contribution >= 4 is 11.6 Å². The quantitative estimate of drug-likeness (QED) is 0.906. The van der Waals surface area contributed by atoms with Gasteiger partial charge in [0.25, 0.3) is 5.91 Å². The van der Waals surface area contributed by atoms with Crippen molar-refractivity contribution in [1.29, 1.82) is 0 Å². The van der Waals surface area contributed by atoms with Gasteiger partial charge in [0.15, 0.2) is 0 Å². The highest BCUT2D eigenvalue weighted by Gasteiger charge is 2.23. The standard InChI is InChI=1S/C15H23N3O/c1-3-16-12-9-10-14(17-11-12)15(19)18(2)13-7-5-4-6-8-13/h9-11,13,16H,3-8H2,1-2H3. The summed E-state index contributed by atoms with van der Waals surface area (Å²) in [5, 5.41) is 3.18. The van der Waals surface area contributed by atoms with Gasteiger partial charge in [-0.25, -0.2) is 4.98 Å². The Labute approximate surface area is 115 Å². The fourth-order valence-corrected chi connectivity index (χ4v) is 2.64. The molecule has 4 heteroatoms. The summed E-state index contributed by atoms with van der Waals surface area (Å²) >= 11 is 0. The molecule has 0 unspecified atom stereocenters. The molecule has 1 aromatic rings. The number of hydrogen-bond donors (Lipinski definition) is 1. The van der Waals surface area contributed by atoms with Crippen LogP contribution in [0.3, 0.4) is 0 Å². The molecule has 2 rings (SSSR count). The van der Waals surface area contributed by atoms with E-state index in [0.717, 1.165) is 25.1 Å². The highest BCUT2D eigenvalue weighted by atomic mass is 16.2. The number of amides is 1. The zero-order valence-electron chi connectivity index (χ0n) is 11.9. The van der Waals surface area contributed by atoms with Crippen LogP contribution in [-0.4, -0.2) is 35.4 Å². The largest absolute Gasteiger partial charge is 0.384 e. The second kappa shape index (κ2) is 6.55. The minimum Gasteiger partial charge on any atom is -0.384 e. The van der Waals surface area contributed by atoms with Gasteiger partial charge in [-0.2, -0.15) is 0 Å². The van der Waals surface area contributed by atoms with Crippen molar-refractivity contribution in [3.63, 3.8) is 0 Å². The lowest BCUT2D eigenvalue weighted by Crippen LogP contribution is -2.38. The van der Waals surface area contributed by atoms with Gasteiger partial charge in [0, 0.05) is 19.6 Å². The molecular weight excluding hydrogens is 238 g/mol. The molecular formula is C15H23N3O. The van der Waals surface area contributed by atoms with Crippen molar-refractivity contribution in [3.8, 4) is 0 Å². The van der Waals surface area contributed by atoms with Crippen molar-refractivity contribution in [3.05, 3.63) is 24.0 Å². The predicted octanol–water partition coefficient (Wildman–Crippen LogP) is 2.92. The number of aromatic nitrogens is 1. The van der Waals surface area contributed by atoms with E-state index < -0.39 is 0 Å². The van der Waals surface area contributed by atoms with Gasteiger partial charge in [0.1, 0.15) is 5.69 Å². The molecule has 1 fully saturated rings. The molecule has 0 aliphatic heterocycles. The van der Waals surface area contributed by atoms with E-state index in [9.17, 15) is 4.79 Å². The summed E-state index contributed by atoms with van der Waals surface area (Å²) in [5.41, 5.74) is 1.49. The van der Waals surface area contributed by atoms with Gasteiger partial charge in [-0.05, 0) is 31.9 Å². The van der Waals surface area contributed by atoms with Gasteiger partial charge in [0.2, 0.25) is 0 Å². The Morgan fingerprint density at radius 1 is 1.37 bits per heavy atom. The first kappa shape index (κ1) is 13.8. The Bertz CT molecular complexity index is 410. The van der Waals surface area contributed by atoms with Crippen LogP contribution in [0.15, 0.2) is 18.3 Å². The maximum atomic E-state index is 12.4. The number of hydrogen-bond acceptors (Lipinski definition) is 3. The van der Waals surface area contributed by atoms with Crippen LogP contribution in [0, 0.1) is 0 Å². The number of anilines is 1. The van der Waals surface area contributed by atoms with Crippen molar-refractivity contribution in [2.75, 3.05) is 18.9 Å². The normalized spacial score (nSPS) is 16.1. The van der Waals surface area contributed by atoms with Crippen LogP contribution in [0.4, 0.5) is 5.69 Å². The molecule has 1 saturated carbocycles. The Balaban J connectivity index is 2.01. The van der Waals surface area contributed by atoms with Crippen LogP contribution in [0.1, 0.15) is 49.5 Å². The Hall–Kier alpha value is -1.58. The van der Waals surface area contributed by atoms with Crippen LogP contribution in [0.5, 0.6) is 0 Å². The molecule has 1 amide bonds. The minimum atomic E-state index is 0.0370. The molecule has 0 saturated heterocycles. The fraction of sp³-hybridized carbons (Fsp3) is 0.600. The highest BCUT2D eigenvalue weighted by Crippen LogP contribution is 2.22. The molecule has 1 aliphatic carbocycles. The summed E-state index contributed by atoms with van der Waals surface area (Å²) in [6.07, 6.45) is 7.74. The molecule has 0 aromatic carbocycles. The van der Waals surface area contributed by atoms with Crippen LogP contribution in [0.25, 0.3) is 0 Å². The van der Waals surface area contributed by atoms with E-state index in [2.05, 4.69) is 10.3 Å². The third-order valence-electron chi connectivity index (χ3n) is 3.81. The Kier molecular flexibility index (Phi) is 4.77. The molecule has 0 bridgehead atoms. The number of carbonyl (C=O) groups is 1. The van der Waals surface area contributed by atoms with E-state index >= 15 is 0 Å². The van der Waals surface area contributed by atoms with Gasteiger partial charge in [0.05, 0.1) is 11.9 Å². The van der Waals surface area contributed by atoms with Crippen molar-refractivity contribution in [1.82, 2.24) is 9.88 Å². The molecule has 1 aromatic heterocycles. The van der Waals surface area contributed by atoms with Crippen molar-refractivity contribution in [2.24, 2.45) is 0 Å². The van der Waals surface area contributed by atoms with Crippen molar-refractivity contribution in [2.45, 2.75) is 45.1 Å². The fourth-order valence-electron chi connectivity index (χ4n) is 2.64. The SMILES string of the molecule is CCNc1ccc(C(=O)N(C)C2CCCCC2)nc1. The highest BCUT2D eigenvalue weighted by molar-refractivity contribution is 5.92. The molecule has 0 atom stereocenters. The van der Waals surface area contributed by atoms with E-state index in [1.165, 1.54) is 19.3 Å². The average Bonchev–Trinajstić information content (AvgIpc) is 2.48. The van der Waals surface area contributed by atoms with Crippen LogP contribution >= 0.6 is 0 Å². The topological polar surface area (TPSA) is 45.2 Å². The maximum absolute atomic E-state index is 12.4. The smallest absolute Gasteiger partial charge is 0.272 e. The molecule has 0 radical (unpaired) electrons. The summed E-state index contributed by atoms with van der Waals surface area (Å²) < 4.78 is 0. The van der Waals surface area contributed by atoms with Gasteiger partial charge in [-0.3, -0.25) is 4.79 Å². The number of pyridine rings is 1. The predicted molar refractivity (Wildman–Crippen MR) is 77.4 cm³/mol. The molecule has 0 spiro atoms. The summed E-state index contributed by atoms with van der Waals surface area (Å²) in [7, 11) is 1.90. The molecule has 1 N–H and O–H groups in total. The molecule has 19 heavy (non-hydrogen) atoms. The first-order valence-electron chi connectivity index (χ1n) is 7.19. The van der Waals surface area contributed by atoms with Gasteiger partial charge in [-0.15, -0.1) is 0 Å². The number of rotatable bonds is 4. The Morgan fingerprint density at radius 3 is 2.68 bits per heavy atom. The molecule has 4 nitrogen and oxygen atoms in total. The van der Waals surface area contributed by atoms with E-state index in [0.29, 0.717) is 11.7 Å². The summed E-state index contributed by atoms with van der Waals surface area (Å²) in [4.78, 5) is 18.5. The lowest BCUT2D eigenvalue weighted by atomic mass is 9.94. The van der Waals surface area contributed by atoms with Crippen molar-refractivity contribution < 1.29 is 4.79 Å². The first-order chi connectivity index (χ1) is 9.22. The third-order valence-corrected chi connectivity index (χ3v) is 3.81. The van der Waals surface area contributed by atoms with E-state index in [-0.39, 0.29) is 5.91 Å². The third kappa shape index (κ3) is 3.46. The van der Waals surface area contributed by atoms with Gasteiger partial charge in [-0.1, -0.05) is 19.3 Å². The van der Waals surface area contributed by atoms with Gasteiger partial charge >= 0.3 is 0 Å². The first-order valence-corrected chi connectivity index (χ1v) is 7.19. The lowest BCUT2D eigenvalue weighted by molar-refractivity contribution is 0.0690. The van der Waals surface area contributed by atoms with Crippen LogP contribution in [-0.2, 0) is 0 Å². The molecule has 104 valence electrons. The van der Waals surface area contributed by atoms with Crippen LogP contribution in [0.2, 0.25) is 0 Å². The zero-order chi connectivity index (χ0) is 13.7. The second-order valence-electron chi connectivity index (χ2n) is 5.17. The van der Waals surface area contributed by atoms with E-state index in [1.807, 2.05) is 24.9 Å². The average molecular weight is 261 g/mol. The number of carbonyl (C=O) groups excluding carboxylic acids is 1. The van der Waals surface area contributed by atoms with E-state index in [1.54, 1.807) is 12.3 Å². The molecule has 1 heterocycles. The maximum Gasteiger partial charge on any atom is 0.272 e. The van der Waals surface area contributed by atoms with E-state index in [4.69, 9.17) is 0 Å². The summed E-state index contributed by atoms with van der Waals surface area (Å²) in [6, 6.07) is 4.11. The molecule has 1 aliphatic rings. The monoisotopic (exact) mass is 261 g/mol. The summed E-state index contributed by atoms with van der Waals surface area (Å²) in [5.74, 6) is 0.0370. The Morgan fingerprint density at radius 2 is 2.11 bits per heavy atom. The lowest BCUT2D eigenvalue weighted by Gasteiger charge is -2.31. The minimum absolute atomic E-state index is 0.0370. The van der Waals surface area contributed by atoms with Gasteiger partial charge < -0.3 is 10.2 Å². The summed E-state index contributed by atoms with van der Waals surface area (Å²) in [6.45, 7) is 2.90. The number of nitrogens with one attached hydrogen (secondary N) is 1. The van der Waals surface area contributed by atoms with Crippen LogP contribution < -0.4 is 5.32 Å². The zero-order valence-corrected chi connectivity index (χ0v) is 11.9.